The zero-order valence-corrected chi connectivity index (χ0v) is 11.8. The van der Waals surface area contributed by atoms with Crippen LogP contribution in [0.4, 0.5) is 0 Å². The molecule has 1 heterocycles. The summed E-state index contributed by atoms with van der Waals surface area (Å²) in [4.78, 5) is 25.7. The normalized spacial score (nSPS) is 15.3. The van der Waals surface area contributed by atoms with Crippen LogP contribution in [-0.2, 0) is 9.59 Å². The molecule has 96 valence electrons. The van der Waals surface area contributed by atoms with E-state index < -0.39 is 0 Å². The number of thioether (sulfide) groups is 2. The van der Waals surface area contributed by atoms with Gasteiger partial charge in [0.05, 0.1) is 5.75 Å². The summed E-state index contributed by atoms with van der Waals surface area (Å²) < 4.78 is 0. The number of hydrogen-bond donors (Lipinski definition) is 0. The molecule has 1 amide bonds. The second-order valence-electron chi connectivity index (χ2n) is 4.13. The Kier molecular flexibility index (Phi) is 4.72. The number of hydrogen-bond acceptors (Lipinski definition) is 4. The Morgan fingerprint density at radius 2 is 1.94 bits per heavy atom. The van der Waals surface area contributed by atoms with E-state index >= 15 is 0 Å². The van der Waals surface area contributed by atoms with Crippen molar-refractivity contribution in [1.29, 1.82) is 0 Å². The van der Waals surface area contributed by atoms with Crippen molar-refractivity contribution >= 4 is 34.5 Å². The lowest BCUT2D eigenvalue weighted by Gasteiger charge is -2.38. The Balaban J connectivity index is 1.70. The van der Waals surface area contributed by atoms with Gasteiger partial charge in [0.1, 0.15) is 0 Å². The molecule has 1 fully saturated rings. The number of benzene rings is 1. The summed E-state index contributed by atoms with van der Waals surface area (Å²) in [6.07, 6.45) is 0. The summed E-state index contributed by atoms with van der Waals surface area (Å²) in [6, 6.07) is 9.90. The smallest absolute Gasteiger partial charge is 0.233 e. The third-order valence-corrected chi connectivity index (χ3v) is 4.60. The van der Waals surface area contributed by atoms with Crippen molar-refractivity contribution in [3.8, 4) is 0 Å². The van der Waals surface area contributed by atoms with Crippen molar-refractivity contribution in [1.82, 2.24) is 4.90 Å². The van der Waals surface area contributed by atoms with E-state index in [4.69, 9.17) is 0 Å². The van der Waals surface area contributed by atoms with Gasteiger partial charge in [-0.15, -0.1) is 11.8 Å². The molecule has 3 nitrogen and oxygen atoms in total. The lowest BCUT2D eigenvalue weighted by Crippen LogP contribution is -2.53. The highest BCUT2D eigenvalue weighted by Gasteiger charge is 2.31. The van der Waals surface area contributed by atoms with Crippen LogP contribution in [0.25, 0.3) is 0 Å². The van der Waals surface area contributed by atoms with Gasteiger partial charge in [0.25, 0.3) is 0 Å². The Morgan fingerprint density at radius 1 is 1.28 bits per heavy atom. The van der Waals surface area contributed by atoms with E-state index in [1.807, 2.05) is 35.2 Å². The topological polar surface area (TPSA) is 37.4 Å². The summed E-state index contributed by atoms with van der Waals surface area (Å²) in [5.41, 5.74) is 0. The van der Waals surface area contributed by atoms with E-state index in [1.165, 1.54) is 11.8 Å². The largest absolute Gasteiger partial charge is 0.340 e. The Labute approximate surface area is 115 Å². The highest BCUT2D eigenvalue weighted by molar-refractivity contribution is 8.14. The second-order valence-corrected chi connectivity index (χ2v) is 6.66. The number of carbonyl (C=O) groups excluding carboxylic acids is 2. The van der Waals surface area contributed by atoms with Crippen LogP contribution in [0.5, 0.6) is 0 Å². The molecular formula is C13H15NO2S2. The molecule has 1 aliphatic heterocycles. The molecule has 0 aromatic heterocycles. The lowest BCUT2D eigenvalue weighted by atomic mass is 10.2. The fourth-order valence-corrected chi connectivity index (χ4v) is 3.50. The van der Waals surface area contributed by atoms with E-state index in [-0.39, 0.29) is 11.0 Å². The SMILES string of the molecule is CC(=O)SC1CN(C(=O)CSc2ccccc2)C1. The van der Waals surface area contributed by atoms with Crippen molar-refractivity contribution < 1.29 is 9.59 Å². The first-order chi connectivity index (χ1) is 8.65. The molecule has 0 atom stereocenters. The molecule has 0 saturated carbocycles. The predicted molar refractivity (Wildman–Crippen MR) is 75.8 cm³/mol. The van der Waals surface area contributed by atoms with Crippen molar-refractivity contribution in [2.75, 3.05) is 18.8 Å². The molecule has 1 aromatic rings. The van der Waals surface area contributed by atoms with E-state index in [1.54, 1.807) is 18.7 Å². The number of amides is 1. The van der Waals surface area contributed by atoms with Gasteiger partial charge >= 0.3 is 0 Å². The van der Waals surface area contributed by atoms with Crippen LogP contribution in [0.1, 0.15) is 6.92 Å². The first kappa shape index (κ1) is 13.5. The Morgan fingerprint density at radius 3 is 2.56 bits per heavy atom. The Hall–Kier alpha value is -0.940. The van der Waals surface area contributed by atoms with Gasteiger partial charge < -0.3 is 4.90 Å². The molecule has 1 saturated heterocycles. The second kappa shape index (κ2) is 6.29. The summed E-state index contributed by atoms with van der Waals surface area (Å²) in [7, 11) is 0. The van der Waals surface area contributed by atoms with Crippen LogP contribution in [0.2, 0.25) is 0 Å². The average molecular weight is 281 g/mol. The molecule has 0 aliphatic carbocycles. The molecule has 0 radical (unpaired) electrons. The van der Waals surface area contributed by atoms with Crippen molar-refractivity contribution in [3.05, 3.63) is 30.3 Å². The summed E-state index contributed by atoms with van der Waals surface area (Å²) in [6.45, 7) is 2.98. The monoisotopic (exact) mass is 281 g/mol. The molecule has 0 N–H and O–H groups in total. The number of nitrogens with zero attached hydrogens (tertiary/aromatic N) is 1. The molecule has 0 spiro atoms. The Bertz CT molecular complexity index is 430. The zero-order chi connectivity index (χ0) is 13.0. The molecule has 2 rings (SSSR count). The van der Waals surface area contributed by atoms with E-state index in [0.29, 0.717) is 24.1 Å². The average Bonchev–Trinajstić information content (AvgIpc) is 2.31. The highest BCUT2D eigenvalue weighted by Crippen LogP contribution is 2.24. The van der Waals surface area contributed by atoms with Crippen LogP contribution in [0.15, 0.2) is 35.2 Å². The molecule has 1 aromatic carbocycles. The van der Waals surface area contributed by atoms with Gasteiger partial charge in [-0.2, -0.15) is 0 Å². The van der Waals surface area contributed by atoms with E-state index in [0.717, 1.165) is 4.90 Å². The minimum absolute atomic E-state index is 0.130. The minimum Gasteiger partial charge on any atom is -0.340 e. The fraction of sp³-hybridized carbons (Fsp3) is 0.385. The van der Waals surface area contributed by atoms with Gasteiger partial charge in [-0.1, -0.05) is 30.0 Å². The van der Waals surface area contributed by atoms with Gasteiger partial charge in [0.2, 0.25) is 5.91 Å². The van der Waals surface area contributed by atoms with Crippen LogP contribution in [0.3, 0.4) is 0 Å². The van der Waals surface area contributed by atoms with E-state index in [2.05, 4.69) is 0 Å². The highest BCUT2D eigenvalue weighted by atomic mass is 32.2. The predicted octanol–water partition coefficient (Wildman–Crippen LogP) is 2.27. The lowest BCUT2D eigenvalue weighted by molar-refractivity contribution is -0.131. The molecule has 1 aliphatic rings. The van der Waals surface area contributed by atoms with Crippen molar-refractivity contribution in [3.63, 3.8) is 0 Å². The number of likely N-dealkylation sites (tertiary alicyclic amines) is 1. The molecule has 0 unspecified atom stereocenters. The third-order valence-electron chi connectivity index (χ3n) is 2.64. The maximum atomic E-state index is 11.8. The minimum atomic E-state index is 0.130. The van der Waals surface area contributed by atoms with Gasteiger partial charge in [-0.05, 0) is 12.1 Å². The first-order valence-electron chi connectivity index (χ1n) is 5.78. The van der Waals surface area contributed by atoms with Crippen molar-refractivity contribution in [2.45, 2.75) is 17.1 Å². The van der Waals surface area contributed by atoms with Crippen molar-refractivity contribution in [2.24, 2.45) is 0 Å². The molecule has 5 heteroatoms. The van der Waals surface area contributed by atoms with Crippen LogP contribution in [0, 0.1) is 0 Å². The maximum absolute atomic E-state index is 11.8. The molecular weight excluding hydrogens is 266 g/mol. The molecule has 18 heavy (non-hydrogen) atoms. The summed E-state index contributed by atoms with van der Waals surface area (Å²) in [5, 5.41) is 0.430. The zero-order valence-electron chi connectivity index (χ0n) is 10.2. The maximum Gasteiger partial charge on any atom is 0.233 e. The van der Waals surface area contributed by atoms with Crippen LogP contribution in [-0.4, -0.2) is 40.0 Å². The standard InChI is InChI=1S/C13H15NO2S2/c1-10(15)18-12-7-14(8-12)13(16)9-17-11-5-3-2-4-6-11/h2-6,12H,7-9H2,1H3. The van der Waals surface area contributed by atoms with Gasteiger partial charge in [-0.3, -0.25) is 9.59 Å². The first-order valence-corrected chi connectivity index (χ1v) is 7.64. The van der Waals surface area contributed by atoms with Crippen LogP contribution >= 0.6 is 23.5 Å². The van der Waals surface area contributed by atoms with Gasteiger partial charge in [-0.25, -0.2) is 0 Å². The van der Waals surface area contributed by atoms with Gasteiger partial charge in [0, 0.05) is 30.2 Å². The summed E-state index contributed by atoms with van der Waals surface area (Å²) >= 11 is 2.89. The van der Waals surface area contributed by atoms with Crippen LogP contribution < -0.4 is 0 Å². The number of rotatable bonds is 4. The van der Waals surface area contributed by atoms with E-state index in [9.17, 15) is 9.59 Å². The quantitative estimate of drug-likeness (QED) is 0.794. The summed E-state index contributed by atoms with van der Waals surface area (Å²) in [5.74, 6) is 0.630. The van der Waals surface area contributed by atoms with Gasteiger partial charge in [0.15, 0.2) is 5.12 Å². The molecule has 0 bridgehead atoms. The fourth-order valence-electron chi connectivity index (χ4n) is 1.70. The number of carbonyl (C=O) groups is 2. The third kappa shape index (κ3) is 3.78.